The summed E-state index contributed by atoms with van der Waals surface area (Å²) >= 11 is 1.95. The molecule has 0 bridgehead atoms. The SMILES string of the molecule is C1=CC(c2cn[nH]n2)(c2[nH]nc3ccccc23)C(C2Cc3ccccc3O2)(C2Cc3ccccc3S2)C=C1. The standard InChI is InChI=1S/C31H25N5OS/c1-5-13-24-20(9-1)17-27(37-24)31(28-18-21-10-2-6-14-25(21)38-28)16-8-7-15-30(31,26-19-32-36-34-26)29-22-11-3-4-12-23(22)33-35-29/h1-16,19,27-28H,17-18H2,(H,33,35)(H,32,34,36). The summed E-state index contributed by atoms with van der Waals surface area (Å²) in [5.74, 6) is 0.962. The fourth-order valence-corrected chi connectivity index (χ4v) is 8.54. The van der Waals surface area contributed by atoms with Crippen LogP contribution in [0.1, 0.15) is 22.5 Å². The number of aromatic amines is 2. The van der Waals surface area contributed by atoms with Crippen LogP contribution in [-0.4, -0.2) is 37.0 Å². The first-order chi connectivity index (χ1) is 18.8. The van der Waals surface area contributed by atoms with Crippen molar-refractivity contribution in [3.63, 3.8) is 0 Å². The van der Waals surface area contributed by atoms with Crippen LogP contribution < -0.4 is 4.74 Å². The van der Waals surface area contributed by atoms with Gasteiger partial charge in [-0.05, 0) is 35.7 Å². The minimum absolute atomic E-state index is 0.133. The first kappa shape index (κ1) is 21.9. The Morgan fingerprint density at radius 2 is 1.66 bits per heavy atom. The fourth-order valence-electron chi connectivity index (χ4n) is 6.90. The number of rotatable bonds is 4. The Hall–Kier alpha value is -4.10. The molecule has 2 aliphatic heterocycles. The molecule has 7 heteroatoms. The number of benzene rings is 3. The highest BCUT2D eigenvalue weighted by Crippen LogP contribution is 2.62. The lowest BCUT2D eigenvalue weighted by Gasteiger charge is -2.53. The summed E-state index contributed by atoms with van der Waals surface area (Å²) < 4.78 is 6.93. The van der Waals surface area contributed by atoms with Gasteiger partial charge in [0.1, 0.15) is 11.9 Å². The number of H-pyrrole nitrogens is 2. The predicted octanol–water partition coefficient (Wildman–Crippen LogP) is 5.80. The van der Waals surface area contributed by atoms with E-state index in [0.29, 0.717) is 0 Å². The number of nitrogens with zero attached hydrogens (tertiary/aromatic N) is 3. The topological polar surface area (TPSA) is 79.5 Å². The van der Waals surface area contributed by atoms with E-state index in [1.165, 1.54) is 16.0 Å². The zero-order valence-electron chi connectivity index (χ0n) is 20.5. The highest BCUT2D eigenvalue weighted by Gasteiger charge is 2.64. The minimum Gasteiger partial charge on any atom is -0.489 e. The second kappa shape index (κ2) is 8.20. The van der Waals surface area contributed by atoms with Crippen LogP contribution in [0.2, 0.25) is 0 Å². The average molecular weight is 516 g/mol. The number of hydrogen-bond acceptors (Lipinski definition) is 5. The number of fused-ring (bicyclic) bond motifs is 3. The molecule has 0 saturated heterocycles. The first-order valence-corrected chi connectivity index (χ1v) is 13.8. The number of nitrogens with one attached hydrogen (secondary N) is 2. The lowest BCUT2D eigenvalue weighted by molar-refractivity contribution is 0.0576. The van der Waals surface area contributed by atoms with Crippen LogP contribution in [0, 0.1) is 5.41 Å². The lowest BCUT2D eigenvalue weighted by Crippen LogP contribution is -2.59. The van der Waals surface area contributed by atoms with Crippen LogP contribution in [-0.2, 0) is 18.3 Å². The smallest absolute Gasteiger partial charge is 0.123 e. The van der Waals surface area contributed by atoms with E-state index < -0.39 is 10.8 Å². The van der Waals surface area contributed by atoms with Crippen molar-refractivity contribution in [2.24, 2.45) is 5.41 Å². The fraction of sp³-hybridized carbons (Fsp3) is 0.194. The van der Waals surface area contributed by atoms with Gasteiger partial charge < -0.3 is 4.74 Å². The summed E-state index contributed by atoms with van der Waals surface area (Å²) in [5, 5.41) is 21.5. The van der Waals surface area contributed by atoms with Gasteiger partial charge >= 0.3 is 0 Å². The molecule has 4 atom stereocenters. The zero-order valence-corrected chi connectivity index (χ0v) is 21.4. The molecule has 2 aromatic heterocycles. The molecular formula is C31H25N5OS. The highest BCUT2D eigenvalue weighted by atomic mass is 32.2. The molecule has 0 amide bonds. The Bertz CT molecular complexity index is 1620. The van der Waals surface area contributed by atoms with Gasteiger partial charge in [0.05, 0.1) is 33.9 Å². The number of allylic oxidation sites excluding steroid dienone is 3. The van der Waals surface area contributed by atoms with Gasteiger partial charge in [-0.3, -0.25) is 5.10 Å². The quantitative estimate of drug-likeness (QED) is 0.316. The van der Waals surface area contributed by atoms with Gasteiger partial charge in [-0.15, -0.1) is 11.8 Å². The minimum atomic E-state index is -0.711. The summed E-state index contributed by atoms with van der Waals surface area (Å²) in [6.45, 7) is 0. The van der Waals surface area contributed by atoms with Crippen molar-refractivity contribution in [1.29, 1.82) is 0 Å². The van der Waals surface area contributed by atoms with Gasteiger partial charge in [0.25, 0.3) is 0 Å². The molecule has 3 aromatic carbocycles. The van der Waals surface area contributed by atoms with Crippen molar-refractivity contribution in [2.75, 3.05) is 0 Å². The third kappa shape index (κ3) is 2.88. The molecule has 3 aliphatic rings. The summed E-state index contributed by atoms with van der Waals surface area (Å²) in [6.07, 6.45) is 12.5. The van der Waals surface area contributed by atoms with Crippen molar-refractivity contribution in [2.45, 2.75) is 34.5 Å². The molecule has 8 rings (SSSR count). The van der Waals surface area contributed by atoms with E-state index in [1.807, 2.05) is 24.0 Å². The monoisotopic (exact) mass is 515 g/mol. The lowest BCUT2D eigenvalue weighted by atomic mass is 9.52. The van der Waals surface area contributed by atoms with Crippen LogP contribution in [0.4, 0.5) is 0 Å². The van der Waals surface area contributed by atoms with Crippen LogP contribution >= 0.6 is 11.8 Å². The van der Waals surface area contributed by atoms with E-state index >= 15 is 0 Å². The molecule has 5 aromatic rings. The third-order valence-electron chi connectivity index (χ3n) is 8.55. The molecule has 4 unspecified atom stereocenters. The van der Waals surface area contributed by atoms with Crippen molar-refractivity contribution in [1.82, 2.24) is 25.6 Å². The first-order valence-electron chi connectivity index (χ1n) is 13.0. The van der Waals surface area contributed by atoms with E-state index in [0.717, 1.165) is 40.9 Å². The maximum absolute atomic E-state index is 6.93. The Balaban J connectivity index is 1.43. The van der Waals surface area contributed by atoms with Gasteiger partial charge in [0.2, 0.25) is 0 Å². The molecule has 2 N–H and O–H groups in total. The maximum atomic E-state index is 6.93. The second-order valence-electron chi connectivity index (χ2n) is 10.3. The van der Waals surface area contributed by atoms with Gasteiger partial charge in [-0.1, -0.05) is 78.9 Å². The van der Waals surface area contributed by atoms with Crippen LogP contribution in [0.3, 0.4) is 0 Å². The van der Waals surface area contributed by atoms with Crippen molar-refractivity contribution in [3.8, 4) is 5.75 Å². The van der Waals surface area contributed by atoms with E-state index in [1.54, 1.807) is 0 Å². The number of aromatic nitrogens is 5. The molecule has 6 nitrogen and oxygen atoms in total. The molecule has 4 heterocycles. The van der Waals surface area contributed by atoms with Crippen molar-refractivity contribution in [3.05, 3.63) is 126 Å². The van der Waals surface area contributed by atoms with Gasteiger partial charge in [-0.2, -0.15) is 20.5 Å². The molecule has 186 valence electrons. The number of thioether (sulfide) groups is 1. The normalized spacial score (nSPS) is 27.4. The number of para-hydroxylation sites is 2. The van der Waals surface area contributed by atoms with E-state index in [9.17, 15) is 0 Å². The highest BCUT2D eigenvalue weighted by molar-refractivity contribution is 8.00. The maximum Gasteiger partial charge on any atom is 0.123 e. The van der Waals surface area contributed by atoms with Crippen molar-refractivity contribution < 1.29 is 4.74 Å². The van der Waals surface area contributed by atoms with Gasteiger partial charge in [-0.25, -0.2) is 0 Å². The van der Waals surface area contributed by atoms with Crippen LogP contribution in [0.5, 0.6) is 5.75 Å². The predicted molar refractivity (Wildman–Crippen MR) is 148 cm³/mol. The Morgan fingerprint density at radius 3 is 2.53 bits per heavy atom. The number of hydrogen-bond donors (Lipinski definition) is 2. The molecule has 0 radical (unpaired) electrons. The Labute approximate surface area is 224 Å². The van der Waals surface area contributed by atoms with Crippen molar-refractivity contribution >= 4 is 22.7 Å². The van der Waals surface area contributed by atoms with Gasteiger partial charge in [0, 0.05) is 22.0 Å². The molecule has 38 heavy (non-hydrogen) atoms. The summed E-state index contributed by atoms with van der Waals surface area (Å²) in [7, 11) is 0. The van der Waals surface area contributed by atoms with Gasteiger partial charge in [0.15, 0.2) is 0 Å². The largest absolute Gasteiger partial charge is 0.489 e. The van der Waals surface area contributed by atoms with Crippen LogP contribution in [0.15, 0.2) is 108 Å². The summed E-state index contributed by atoms with van der Waals surface area (Å²) in [4.78, 5) is 1.33. The molecule has 0 saturated carbocycles. The van der Waals surface area contributed by atoms with E-state index in [-0.39, 0.29) is 11.4 Å². The number of ether oxygens (including phenoxy) is 1. The molecule has 1 aliphatic carbocycles. The van der Waals surface area contributed by atoms with E-state index in [2.05, 4.69) is 106 Å². The third-order valence-corrected chi connectivity index (χ3v) is 10.0. The zero-order chi connectivity index (χ0) is 25.2. The second-order valence-corrected chi connectivity index (χ2v) is 11.5. The molecule has 0 spiro atoms. The average Bonchev–Trinajstić information content (AvgIpc) is 3.78. The summed E-state index contributed by atoms with van der Waals surface area (Å²) in [6, 6.07) is 25.5. The Kier molecular flexibility index (Phi) is 4.73. The molecular weight excluding hydrogens is 490 g/mol. The molecule has 0 fully saturated rings. The van der Waals surface area contributed by atoms with E-state index in [4.69, 9.17) is 14.9 Å². The van der Waals surface area contributed by atoms with Crippen LogP contribution in [0.25, 0.3) is 10.9 Å². The Morgan fingerprint density at radius 1 is 0.842 bits per heavy atom. The summed E-state index contributed by atoms with van der Waals surface area (Å²) in [5.41, 5.74) is 4.18.